The van der Waals surface area contributed by atoms with Crippen LogP contribution in [-0.2, 0) is 6.42 Å². The summed E-state index contributed by atoms with van der Waals surface area (Å²) < 4.78 is 26.2. The van der Waals surface area contributed by atoms with Gasteiger partial charge in [-0.3, -0.25) is 0 Å². The van der Waals surface area contributed by atoms with Crippen molar-refractivity contribution in [1.82, 2.24) is 0 Å². The number of hydrogen-bond donors (Lipinski definition) is 1. The fourth-order valence-electron chi connectivity index (χ4n) is 1.72. The van der Waals surface area contributed by atoms with Crippen molar-refractivity contribution < 1.29 is 8.78 Å². The SMILES string of the molecule is CCCC(CN)Cc1cc(F)ccc1F. The van der Waals surface area contributed by atoms with E-state index in [2.05, 4.69) is 6.92 Å². The van der Waals surface area contributed by atoms with Crippen LogP contribution in [-0.4, -0.2) is 6.54 Å². The predicted molar refractivity (Wildman–Crippen MR) is 57.5 cm³/mol. The number of benzene rings is 1. The van der Waals surface area contributed by atoms with E-state index in [9.17, 15) is 8.78 Å². The van der Waals surface area contributed by atoms with Gasteiger partial charge in [0.1, 0.15) is 11.6 Å². The Morgan fingerprint density at radius 2 is 2.07 bits per heavy atom. The largest absolute Gasteiger partial charge is 0.330 e. The summed E-state index contributed by atoms with van der Waals surface area (Å²) in [6.45, 7) is 2.58. The summed E-state index contributed by atoms with van der Waals surface area (Å²) in [5, 5.41) is 0. The third-order valence-corrected chi connectivity index (χ3v) is 2.55. The summed E-state index contributed by atoms with van der Waals surface area (Å²) in [6.07, 6.45) is 2.49. The zero-order chi connectivity index (χ0) is 11.3. The second-order valence-electron chi connectivity index (χ2n) is 3.83. The number of rotatable bonds is 5. The van der Waals surface area contributed by atoms with Gasteiger partial charge in [-0.25, -0.2) is 8.78 Å². The molecule has 2 N–H and O–H groups in total. The minimum atomic E-state index is -0.390. The van der Waals surface area contributed by atoms with Gasteiger partial charge in [0.15, 0.2) is 0 Å². The van der Waals surface area contributed by atoms with Crippen LogP contribution in [0.3, 0.4) is 0 Å². The maximum Gasteiger partial charge on any atom is 0.126 e. The monoisotopic (exact) mass is 213 g/mol. The molecule has 1 unspecified atom stereocenters. The first-order valence-corrected chi connectivity index (χ1v) is 5.31. The summed E-state index contributed by atoms with van der Waals surface area (Å²) in [6, 6.07) is 3.56. The summed E-state index contributed by atoms with van der Waals surface area (Å²) in [5.74, 6) is -0.490. The molecular weight excluding hydrogens is 196 g/mol. The molecule has 1 rings (SSSR count). The lowest BCUT2D eigenvalue weighted by atomic mass is 9.95. The highest BCUT2D eigenvalue weighted by molar-refractivity contribution is 5.19. The summed E-state index contributed by atoms with van der Waals surface area (Å²) in [5.41, 5.74) is 6.01. The lowest BCUT2D eigenvalue weighted by Gasteiger charge is -2.13. The first-order chi connectivity index (χ1) is 7.17. The number of nitrogens with two attached hydrogens (primary N) is 1. The highest BCUT2D eigenvalue weighted by Gasteiger charge is 2.10. The summed E-state index contributed by atoms with van der Waals surface area (Å²) in [7, 11) is 0. The van der Waals surface area contributed by atoms with Gasteiger partial charge in [0.25, 0.3) is 0 Å². The summed E-state index contributed by atoms with van der Waals surface area (Å²) >= 11 is 0. The summed E-state index contributed by atoms with van der Waals surface area (Å²) in [4.78, 5) is 0. The van der Waals surface area contributed by atoms with Gasteiger partial charge in [-0.05, 0) is 49.1 Å². The molecule has 1 aromatic carbocycles. The molecule has 0 spiro atoms. The maximum absolute atomic E-state index is 13.3. The highest BCUT2D eigenvalue weighted by atomic mass is 19.1. The molecule has 0 saturated heterocycles. The van der Waals surface area contributed by atoms with Crippen LogP contribution in [0.15, 0.2) is 18.2 Å². The Bertz CT molecular complexity index is 312. The molecule has 0 heterocycles. The molecule has 0 aromatic heterocycles. The van der Waals surface area contributed by atoms with E-state index in [0.29, 0.717) is 18.5 Å². The second-order valence-corrected chi connectivity index (χ2v) is 3.83. The molecule has 84 valence electrons. The van der Waals surface area contributed by atoms with Crippen LogP contribution < -0.4 is 5.73 Å². The highest BCUT2D eigenvalue weighted by Crippen LogP contribution is 2.17. The van der Waals surface area contributed by atoms with E-state index in [4.69, 9.17) is 5.73 Å². The van der Waals surface area contributed by atoms with Crippen molar-refractivity contribution in [3.8, 4) is 0 Å². The van der Waals surface area contributed by atoms with Gasteiger partial charge in [-0.15, -0.1) is 0 Å². The molecule has 1 nitrogen and oxygen atoms in total. The molecule has 0 bridgehead atoms. The average molecular weight is 213 g/mol. The molecule has 0 amide bonds. The van der Waals surface area contributed by atoms with Gasteiger partial charge in [0.05, 0.1) is 0 Å². The van der Waals surface area contributed by atoms with Crippen molar-refractivity contribution in [2.45, 2.75) is 26.2 Å². The van der Waals surface area contributed by atoms with Gasteiger partial charge < -0.3 is 5.73 Å². The standard InChI is InChI=1S/C12H17F2N/c1-2-3-9(8-15)6-10-7-11(13)4-5-12(10)14/h4-5,7,9H,2-3,6,8,15H2,1H3. The quantitative estimate of drug-likeness (QED) is 0.799. The first-order valence-electron chi connectivity index (χ1n) is 5.31. The van der Waals surface area contributed by atoms with Crippen LogP contribution in [0.5, 0.6) is 0 Å². The Kier molecular flexibility index (Phi) is 4.69. The van der Waals surface area contributed by atoms with E-state index in [1.807, 2.05) is 0 Å². The van der Waals surface area contributed by atoms with Crippen molar-refractivity contribution in [3.63, 3.8) is 0 Å². The van der Waals surface area contributed by atoms with Gasteiger partial charge in [0.2, 0.25) is 0 Å². The van der Waals surface area contributed by atoms with E-state index >= 15 is 0 Å². The fourth-order valence-corrected chi connectivity index (χ4v) is 1.72. The molecule has 1 atom stereocenters. The van der Waals surface area contributed by atoms with E-state index in [-0.39, 0.29) is 11.7 Å². The Morgan fingerprint density at radius 1 is 1.33 bits per heavy atom. The van der Waals surface area contributed by atoms with E-state index in [1.54, 1.807) is 0 Å². The average Bonchev–Trinajstić information content (AvgIpc) is 2.22. The van der Waals surface area contributed by atoms with Crippen LogP contribution in [0.25, 0.3) is 0 Å². The molecular formula is C12H17F2N. The topological polar surface area (TPSA) is 26.0 Å². The van der Waals surface area contributed by atoms with Crippen molar-refractivity contribution in [1.29, 1.82) is 0 Å². The van der Waals surface area contributed by atoms with Crippen molar-refractivity contribution in [2.24, 2.45) is 11.7 Å². The predicted octanol–water partition coefficient (Wildman–Crippen LogP) is 2.88. The molecule has 0 aliphatic carbocycles. The molecule has 0 saturated carbocycles. The number of halogens is 2. The molecule has 15 heavy (non-hydrogen) atoms. The van der Waals surface area contributed by atoms with Crippen LogP contribution >= 0.6 is 0 Å². The Morgan fingerprint density at radius 3 is 2.67 bits per heavy atom. The van der Waals surface area contributed by atoms with E-state index in [0.717, 1.165) is 18.9 Å². The zero-order valence-corrected chi connectivity index (χ0v) is 8.97. The lowest BCUT2D eigenvalue weighted by molar-refractivity contribution is 0.472. The third kappa shape index (κ3) is 3.59. The first kappa shape index (κ1) is 12.1. The Balaban J connectivity index is 2.73. The Labute approximate surface area is 89.3 Å². The molecule has 0 fully saturated rings. The van der Waals surface area contributed by atoms with Crippen LogP contribution in [0.4, 0.5) is 8.78 Å². The van der Waals surface area contributed by atoms with E-state index < -0.39 is 5.82 Å². The van der Waals surface area contributed by atoms with Gasteiger partial charge in [0, 0.05) is 0 Å². The second kappa shape index (κ2) is 5.81. The smallest absolute Gasteiger partial charge is 0.126 e. The zero-order valence-electron chi connectivity index (χ0n) is 8.97. The minimum Gasteiger partial charge on any atom is -0.330 e. The van der Waals surface area contributed by atoms with Gasteiger partial charge in [-0.1, -0.05) is 13.3 Å². The molecule has 1 aromatic rings. The normalized spacial score (nSPS) is 12.8. The molecule has 0 radical (unpaired) electrons. The fraction of sp³-hybridized carbons (Fsp3) is 0.500. The van der Waals surface area contributed by atoms with Crippen molar-refractivity contribution in [2.75, 3.05) is 6.54 Å². The minimum absolute atomic E-state index is 0.242. The maximum atomic E-state index is 13.3. The van der Waals surface area contributed by atoms with Crippen molar-refractivity contribution in [3.05, 3.63) is 35.4 Å². The van der Waals surface area contributed by atoms with Gasteiger partial charge in [-0.2, -0.15) is 0 Å². The third-order valence-electron chi connectivity index (χ3n) is 2.55. The van der Waals surface area contributed by atoms with Crippen LogP contribution in [0.2, 0.25) is 0 Å². The molecule has 0 aliphatic rings. The van der Waals surface area contributed by atoms with Gasteiger partial charge >= 0.3 is 0 Å². The van der Waals surface area contributed by atoms with Crippen molar-refractivity contribution >= 4 is 0 Å². The van der Waals surface area contributed by atoms with Crippen LogP contribution in [0, 0.1) is 17.6 Å². The molecule has 0 aliphatic heterocycles. The van der Waals surface area contributed by atoms with E-state index in [1.165, 1.54) is 12.1 Å². The lowest BCUT2D eigenvalue weighted by Crippen LogP contribution is -2.17. The van der Waals surface area contributed by atoms with Crippen LogP contribution in [0.1, 0.15) is 25.3 Å². The molecule has 3 heteroatoms. The number of hydrogen-bond acceptors (Lipinski definition) is 1. The Hall–Kier alpha value is -0.960.